The summed E-state index contributed by atoms with van der Waals surface area (Å²) in [6.07, 6.45) is 8.12. The summed E-state index contributed by atoms with van der Waals surface area (Å²) < 4.78 is 5.94. The van der Waals surface area contributed by atoms with Gasteiger partial charge in [-0.3, -0.25) is 4.90 Å². The van der Waals surface area contributed by atoms with Crippen molar-refractivity contribution in [3.8, 4) is 5.75 Å². The smallest absolute Gasteiger partial charge is 0.122 e. The normalized spacial score (nSPS) is 23.3. The van der Waals surface area contributed by atoms with Crippen molar-refractivity contribution in [1.82, 2.24) is 9.80 Å². The van der Waals surface area contributed by atoms with Gasteiger partial charge in [-0.05, 0) is 70.3 Å². The van der Waals surface area contributed by atoms with Gasteiger partial charge in [-0.2, -0.15) is 0 Å². The van der Waals surface area contributed by atoms with Gasteiger partial charge in [0.25, 0.3) is 0 Å². The minimum absolute atomic E-state index is 0.784. The molecule has 0 spiro atoms. The van der Waals surface area contributed by atoms with E-state index in [1.54, 1.807) is 0 Å². The standard InChI is InChI=1S/C20H32N2O/c1-18-9-3-4-11-20(18)23-16-8-15-22-14-7-10-19(22)17-21-12-5-2-6-13-21/h3-4,9,11,19H,2,5-8,10,12-17H2,1H3. The topological polar surface area (TPSA) is 15.7 Å². The number of benzene rings is 1. The molecule has 3 rings (SSSR count). The van der Waals surface area contributed by atoms with E-state index in [9.17, 15) is 0 Å². The number of aryl methyl sites for hydroxylation is 1. The molecule has 0 amide bonds. The number of nitrogens with zero attached hydrogens (tertiary/aromatic N) is 2. The molecular weight excluding hydrogens is 284 g/mol. The second-order valence-electron chi connectivity index (χ2n) is 7.16. The molecule has 0 radical (unpaired) electrons. The quantitative estimate of drug-likeness (QED) is 0.713. The Morgan fingerprint density at radius 3 is 2.70 bits per heavy atom. The van der Waals surface area contributed by atoms with Gasteiger partial charge in [-0.25, -0.2) is 0 Å². The van der Waals surface area contributed by atoms with Crippen molar-refractivity contribution >= 4 is 0 Å². The Morgan fingerprint density at radius 1 is 1.04 bits per heavy atom. The molecule has 2 saturated heterocycles. The molecule has 0 N–H and O–H groups in total. The molecule has 1 aromatic rings. The number of hydrogen-bond donors (Lipinski definition) is 0. The van der Waals surface area contributed by atoms with Crippen LogP contribution < -0.4 is 4.74 Å². The van der Waals surface area contributed by atoms with Gasteiger partial charge < -0.3 is 9.64 Å². The second kappa shape index (κ2) is 8.70. The Labute approximate surface area is 141 Å². The minimum Gasteiger partial charge on any atom is -0.493 e. The van der Waals surface area contributed by atoms with E-state index in [-0.39, 0.29) is 0 Å². The third-order valence-electron chi connectivity index (χ3n) is 5.36. The van der Waals surface area contributed by atoms with Gasteiger partial charge in [0.1, 0.15) is 5.75 Å². The highest BCUT2D eigenvalue weighted by Gasteiger charge is 2.26. The van der Waals surface area contributed by atoms with E-state index < -0.39 is 0 Å². The second-order valence-corrected chi connectivity index (χ2v) is 7.16. The lowest BCUT2D eigenvalue weighted by atomic mass is 10.1. The van der Waals surface area contributed by atoms with Gasteiger partial charge in [0.2, 0.25) is 0 Å². The molecule has 1 unspecified atom stereocenters. The van der Waals surface area contributed by atoms with E-state index in [4.69, 9.17) is 4.74 Å². The predicted octanol–water partition coefficient (Wildman–Crippen LogP) is 3.71. The van der Waals surface area contributed by atoms with Crippen molar-refractivity contribution in [3.63, 3.8) is 0 Å². The summed E-state index contributed by atoms with van der Waals surface area (Å²) >= 11 is 0. The molecule has 3 nitrogen and oxygen atoms in total. The summed E-state index contributed by atoms with van der Waals surface area (Å²) in [7, 11) is 0. The van der Waals surface area contributed by atoms with Crippen LogP contribution in [0.5, 0.6) is 5.75 Å². The van der Waals surface area contributed by atoms with Crippen LogP contribution in [-0.2, 0) is 0 Å². The first-order valence-corrected chi connectivity index (χ1v) is 9.48. The average molecular weight is 316 g/mol. The molecule has 128 valence electrons. The maximum Gasteiger partial charge on any atom is 0.122 e. The van der Waals surface area contributed by atoms with E-state index in [0.29, 0.717) is 0 Å². The molecule has 0 bridgehead atoms. The summed E-state index contributed by atoms with van der Waals surface area (Å²) in [6.45, 7) is 9.34. The Balaban J connectivity index is 1.38. The zero-order valence-electron chi connectivity index (χ0n) is 14.7. The van der Waals surface area contributed by atoms with Crippen LogP contribution in [-0.4, -0.2) is 55.2 Å². The summed E-state index contributed by atoms with van der Waals surface area (Å²) in [5, 5.41) is 0. The van der Waals surface area contributed by atoms with Gasteiger partial charge in [-0.15, -0.1) is 0 Å². The Kier molecular flexibility index (Phi) is 6.35. The number of likely N-dealkylation sites (tertiary alicyclic amines) is 2. The van der Waals surface area contributed by atoms with Crippen molar-refractivity contribution in [2.24, 2.45) is 0 Å². The highest BCUT2D eigenvalue weighted by atomic mass is 16.5. The average Bonchev–Trinajstić information content (AvgIpc) is 3.01. The van der Waals surface area contributed by atoms with E-state index in [2.05, 4.69) is 41.0 Å². The highest BCUT2D eigenvalue weighted by Crippen LogP contribution is 2.21. The van der Waals surface area contributed by atoms with Crippen LogP contribution in [0.4, 0.5) is 0 Å². The van der Waals surface area contributed by atoms with Crippen LogP contribution in [0.25, 0.3) is 0 Å². The van der Waals surface area contributed by atoms with Crippen molar-refractivity contribution in [2.45, 2.75) is 51.5 Å². The molecule has 2 heterocycles. The molecule has 23 heavy (non-hydrogen) atoms. The van der Waals surface area contributed by atoms with Gasteiger partial charge >= 0.3 is 0 Å². The van der Waals surface area contributed by atoms with E-state index in [1.165, 1.54) is 70.4 Å². The van der Waals surface area contributed by atoms with E-state index in [0.717, 1.165) is 24.8 Å². The van der Waals surface area contributed by atoms with Gasteiger partial charge in [0.15, 0.2) is 0 Å². The van der Waals surface area contributed by atoms with Gasteiger partial charge in [0, 0.05) is 19.1 Å². The molecule has 3 heteroatoms. The summed E-state index contributed by atoms with van der Waals surface area (Å²) in [5.41, 5.74) is 1.23. The van der Waals surface area contributed by atoms with Crippen LogP contribution >= 0.6 is 0 Å². The monoisotopic (exact) mass is 316 g/mol. The Morgan fingerprint density at radius 2 is 1.87 bits per heavy atom. The Hall–Kier alpha value is -1.06. The van der Waals surface area contributed by atoms with E-state index in [1.807, 2.05) is 0 Å². The first kappa shape index (κ1) is 16.8. The summed E-state index contributed by atoms with van der Waals surface area (Å²) in [4.78, 5) is 5.39. The molecule has 1 aromatic carbocycles. The third kappa shape index (κ3) is 4.95. The zero-order valence-corrected chi connectivity index (χ0v) is 14.7. The molecule has 2 fully saturated rings. The predicted molar refractivity (Wildman–Crippen MR) is 96.2 cm³/mol. The van der Waals surface area contributed by atoms with Crippen molar-refractivity contribution in [1.29, 1.82) is 0 Å². The fraction of sp³-hybridized carbons (Fsp3) is 0.700. The van der Waals surface area contributed by atoms with Crippen LogP contribution in [0.1, 0.15) is 44.1 Å². The lowest BCUT2D eigenvalue weighted by Crippen LogP contribution is -2.42. The Bertz CT molecular complexity index is 470. The number of piperidine rings is 1. The molecule has 0 aliphatic carbocycles. The number of rotatable bonds is 7. The molecule has 0 aromatic heterocycles. The number of hydrogen-bond acceptors (Lipinski definition) is 3. The zero-order chi connectivity index (χ0) is 15.9. The molecule has 2 aliphatic rings. The highest BCUT2D eigenvalue weighted by molar-refractivity contribution is 5.31. The minimum atomic E-state index is 0.784. The molecule has 2 aliphatic heterocycles. The van der Waals surface area contributed by atoms with Crippen molar-refractivity contribution in [3.05, 3.63) is 29.8 Å². The number of ether oxygens (including phenoxy) is 1. The van der Waals surface area contributed by atoms with Gasteiger partial charge in [-0.1, -0.05) is 24.6 Å². The van der Waals surface area contributed by atoms with Crippen molar-refractivity contribution < 1.29 is 4.74 Å². The summed E-state index contributed by atoms with van der Waals surface area (Å²) in [5.74, 6) is 1.04. The molecular formula is C20H32N2O. The first-order chi connectivity index (χ1) is 11.3. The largest absolute Gasteiger partial charge is 0.493 e. The number of para-hydroxylation sites is 1. The first-order valence-electron chi connectivity index (χ1n) is 9.48. The van der Waals surface area contributed by atoms with Crippen molar-refractivity contribution in [2.75, 3.05) is 39.3 Å². The molecule has 0 saturated carbocycles. The maximum atomic E-state index is 5.94. The fourth-order valence-corrected chi connectivity index (χ4v) is 4.00. The third-order valence-corrected chi connectivity index (χ3v) is 5.36. The SMILES string of the molecule is Cc1ccccc1OCCCN1CCCC1CN1CCCCC1. The maximum absolute atomic E-state index is 5.94. The van der Waals surface area contributed by atoms with Crippen LogP contribution in [0, 0.1) is 6.92 Å². The lowest BCUT2D eigenvalue weighted by molar-refractivity contribution is 0.147. The lowest BCUT2D eigenvalue weighted by Gasteiger charge is -2.33. The van der Waals surface area contributed by atoms with Crippen LogP contribution in [0.3, 0.4) is 0 Å². The molecule has 1 atom stereocenters. The fourth-order valence-electron chi connectivity index (χ4n) is 4.00. The van der Waals surface area contributed by atoms with E-state index >= 15 is 0 Å². The van der Waals surface area contributed by atoms with Gasteiger partial charge in [0.05, 0.1) is 6.61 Å². The van der Waals surface area contributed by atoms with Crippen LogP contribution in [0.15, 0.2) is 24.3 Å². The summed E-state index contributed by atoms with van der Waals surface area (Å²) in [6, 6.07) is 9.09. The van der Waals surface area contributed by atoms with Crippen LogP contribution in [0.2, 0.25) is 0 Å².